The Kier molecular flexibility index (Phi) is 4.41. The van der Waals surface area contributed by atoms with Crippen LogP contribution in [0.2, 0.25) is 19.6 Å². The molecule has 0 bridgehead atoms. The van der Waals surface area contributed by atoms with Gasteiger partial charge in [-0.1, -0.05) is 6.07 Å². The van der Waals surface area contributed by atoms with E-state index in [1.54, 1.807) is 7.11 Å². The first-order valence-electron chi connectivity index (χ1n) is 7.68. The summed E-state index contributed by atoms with van der Waals surface area (Å²) in [6, 6.07) is 5.85. The Morgan fingerprint density at radius 1 is 0.955 bits per heavy atom. The molecule has 0 spiro atoms. The smallest absolute Gasteiger partial charge is 0.494 e. The van der Waals surface area contributed by atoms with Crippen LogP contribution in [0.5, 0.6) is 11.5 Å². The minimum absolute atomic E-state index is 0.350. The van der Waals surface area contributed by atoms with Gasteiger partial charge in [0.2, 0.25) is 8.32 Å². The summed E-state index contributed by atoms with van der Waals surface area (Å²) in [7, 11) is -0.462. The van der Waals surface area contributed by atoms with Crippen molar-refractivity contribution < 1.29 is 18.5 Å². The van der Waals surface area contributed by atoms with Gasteiger partial charge in [-0.15, -0.1) is 0 Å². The largest absolute Gasteiger partial charge is 0.542 e. The minimum Gasteiger partial charge on any atom is -0.542 e. The Labute approximate surface area is 135 Å². The molecule has 1 aromatic rings. The van der Waals surface area contributed by atoms with Crippen LogP contribution < -0.4 is 14.6 Å². The lowest BCUT2D eigenvalue weighted by Crippen LogP contribution is -2.41. The molecule has 1 aliphatic heterocycles. The highest BCUT2D eigenvalue weighted by molar-refractivity contribution is 6.70. The van der Waals surface area contributed by atoms with Crippen molar-refractivity contribution in [3.05, 3.63) is 18.2 Å². The molecule has 1 aliphatic rings. The maximum atomic E-state index is 6.13. The number of hydrogen-bond donors (Lipinski definition) is 0. The third-order valence-electron chi connectivity index (χ3n) is 4.13. The van der Waals surface area contributed by atoms with Crippen LogP contribution in [-0.4, -0.2) is 33.7 Å². The van der Waals surface area contributed by atoms with E-state index < -0.39 is 8.32 Å². The third kappa shape index (κ3) is 3.50. The lowest BCUT2D eigenvalue weighted by atomic mass is 9.79. The first-order chi connectivity index (χ1) is 9.95. The molecule has 122 valence electrons. The van der Waals surface area contributed by atoms with E-state index in [0.29, 0.717) is 0 Å². The number of benzene rings is 1. The van der Waals surface area contributed by atoms with Crippen molar-refractivity contribution in [1.29, 1.82) is 0 Å². The summed E-state index contributed by atoms with van der Waals surface area (Å²) in [5, 5.41) is 0. The topological polar surface area (TPSA) is 36.9 Å². The average molecular weight is 322 g/mol. The molecule has 0 amide bonds. The summed E-state index contributed by atoms with van der Waals surface area (Å²) in [5.74, 6) is 1.50. The molecule has 6 heteroatoms. The molecule has 0 radical (unpaired) electrons. The monoisotopic (exact) mass is 322 g/mol. The van der Waals surface area contributed by atoms with Gasteiger partial charge >= 0.3 is 7.12 Å². The maximum absolute atomic E-state index is 6.13. The summed E-state index contributed by atoms with van der Waals surface area (Å²) in [4.78, 5) is 0. The van der Waals surface area contributed by atoms with E-state index in [9.17, 15) is 0 Å². The zero-order chi connectivity index (χ0) is 16.8. The van der Waals surface area contributed by atoms with Crippen molar-refractivity contribution in [2.45, 2.75) is 58.5 Å². The van der Waals surface area contributed by atoms with Gasteiger partial charge in [0, 0.05) is 0 Å². The second-order valence-electron chi connectivity index (χ2n) is 7.71. The standard InChI is InChI=1S/C16H27BO4Si/c1-15(2)16(3,4)21-17(20-15)12-9-10-13(18-5)14(11-12)19-22(6,7)8/h9-11H,1-8H3. The van der Waals surface area contributed by atoms with Crippen LogP contribution in [0.1, 0.15) is 27.7 Å². The van der Waals surface area contributed by atoms with Crippen molar-refractivity contribution in [3.63, 3.8) is 0 Å². The second-order valence-corrected chi connectivity index (χ2v) is 12.1. The van der Waals surface area contributed by atoms with Crippen molar-refractivity contribution in [1.82, 2.24) is 0 Å². The van der Waals surface area contributed by atoms with Crippen LogP contribution in [0.4, 0.5) is 0 Å². The van der Waals surface area contributed by atoms with Crippen LogP contribution in [0.3, 0.4) is 0 Å². The lowest BCUT2D eigenvalue weighted by molar-refractivity contribution is 0.00578. The van der Waals surface area contributed by atoms with Crippen LogP contribution in [-0.2, 0) is 9.31 Å². The van der Waals surface area contributed by atoms with Gasteiger partial charge in [0.1, 0.15) is 5.75 Å². The maximum Gasteiger partial charge on any atom is 0.494 e. The van der Waals surface area contributed by atoms with Crippen molar-refractivity contribution >= 4 is 20.9 Å². The molecule has 0 N–H and O–H groups in total. The molecule has 1 heterocycles. The average Bonchev–Trinajstić information content (AvgIpc) is 2.56. The first kappa shape index (κ1) is 17.4. The Hall–Kier alpha value is -0.978. The highest BCUT2D eigenvalue weighted by atomic mass is 28.4. The van der Waals surface area contributed by atoms with Gasteiger partial charge in [-0.05, 0) is 64.9 Å². The highest BCUT2D eigenvalue weighted by Crippen LogP contribution is 2.37. The Bertz CT molecular complexity index is 536. The predicted molar refractivity (Wildman–Crippen MR) is 92.7 cm³/mol. The molecular formula is C16H27BO4Si. The van der Waals surface area contributed by atoms with Crippen LogP contribution >= 0.6 is 0 Å². The fourth-order valence-electron chi connectivity index (χ4n) is 2.23. The number of hydrogen-bond acceptors (Lipinski definition) is 4. The van der Waals surface area contributed by atoms with E-state index >= 15 is 0 Å². The van der Waals surface area contributed by atoms with Gasteiger partial charge in [-0.25, -0.2) is 0 Å². The van der Waals surface area contributed by atoms with E-state index in [0.717, 1.165) is 17.0 Å². The van der Waals surface area contributed by atoms with Crippen molar-refractivity contribution in [3.8, 4) is 11.5 Å². The first-order valence-corrected chi connectivity index (χ1v) is 11.1. The minimum atomic E-state index is -1.73. The predicted octanol–water partition coefficient (Wildman–Crippen LogP) is 3.21. The van der Waals surface area contributed by atoms with E-state index in [-0.39, 0.29) is 18.3 Å². The van der Waals surface area contributed by atoms with Gasteiger partial charge in [-0.2, -0.15) is 0 Å². The Morgan fingerprint density at radius 2 is 1.50 bits per heavy atom. The van der Waals surface area contributed by atoms with E-state index in [2.05, 4.69) is 47.3 Å². The molecule has 1 saturated heterocycles. The molecular weight excluding hydrogens is 295 g/mol. The summed E-state index contributed by atoms with van der Waals surface area (Å²) in [6.45, 7) is 14.6. The van der Waals surface area contributed by atoms with E-state index in [1.807, 2.05) is 18.2 Å². The molecule has 0 aliphatic carbocycles. The molecule has 22 heavy (non-hydrogen) atoms. The van der Waals surface area contributed by atoms with Gasteiger partial charge < -0.3 is 18.5 Å². The van der Waals surface area contributed by atoms with Gasteiger partial charge in [0.15, 0.2) is 5.75 Å². The van der Waals surface area contributed by atoms with Crippen molar-refractivity contribution in [2.24, 2.45) is 0 Å². The normalized spacial score (nSPS) is 20.1. The molecule has 2 rings (SSSR count). The van der Waals surface area contributed by atoms with Gasteiger partial charge in [-0.3, -0.25) is 0 Å². The van der Waals surface area contributed by atoms with Crippen LogP contribution in [0, 0.1) is 0 Å². The molecule has 0 saturated carbocycles. The molecule has 1 aromatic carbocycles. The van der Waals surface area contributed by atoms with Gasteiger partial charge in [0.25, 0.3) is 0 Å². The lowest BCUT2D eigenvalue weighted by Gasteiger charge is -2.32. The van der Waals surface area contributed by atoms with Crippen LogP contribution in [0.15, 0.2) is 18.2 Å². The van der Waals surface area contributed by atoms with E-state index in [1.165, 1.54) is 0 Å². The highest BCUT2D eigenvalue weighted by Gasteiger charge is 2.51. The summed E-state index contributed by atoms with van der Waals surface area (Å²) >= 11 is 0. The summed E-state index contributed by atoms with van der Waals surface area (Å²) < 4.78 is 23.7. The Morgan fingerprint density at radius 3 is 1.95 bits per heavy atom. The molecule has 0 atom stereocenters. The molecule has 1 fully saturated rings. The van der Waals surface area contributed by atoms with Crippen molar-refractivity contribution in [2.75, 3.05) is 7.11 Å². The number of rotatable bonds is 4. The number of ether oxygens (including phenoxy) is 1. The molecule has 0 unspecified atom stereocenters. The molecule has 4 nitrogen and oxygen atoms in total. The second kappa shape index (κ2) is 5.58. The zero-order valence-electron chi connectivity index (χ0n) is 14.9. The quantitative estimate of drug-likeness (QED) is 0.798. The number of methoxy groups -OCH3 is 1. The van der Waals surface area contributed by atoms with Crippen LogP contribution in [0.25, 0.3) is 0 Å². The SMILES string of the molecule is COc1ccc(B2OC(C)(C)C(C)(C)O2)cc1O[Si](C)(C)C. The fourth-order valence-corrected chi connectivity index (χ4v) is 3.05. The summed E-state index contributed by atoms with van der Waals surface area (Å²) in [6.07, 6.45) is 0. The third-order valence-corrected chi connectivity index (χ3v) is 4.96. The summed E-state index contributed by atoms with van der Waals surface area (Å²) in [5.41, 5.74) is 0.252. The fraction of sp³-hybridized carbons (Fsp3) is 0.625. The van der Waals surface area contributed by atoms with E-state index in [4.69, 9.17) is 18.5 Å². The molecule has 0 aromatic heterocycles. The Balaban J connectivity index is 2.32. The zero-order valence-corrected chi connectivity index (χ0v) is 15.9. The van der Waals surface area contributed by atoms with Gasteiger partial charge in [0.05, 0.1) is 18.3 Å².